The van der Waals surface area contributed by atoms with Crippen molar-refractivity contribution in [2.75, 3.05) is 13.6 Å². The monoisotopic (exact) mass is 241 g/mol. The fourth-order valence-corrected chi connectivity index (χ4v) is 1.71. The van der Waals surface area contributed by atoms with Gasteiger partial charge in [-0.05, 0) is 45.0 Å². The maximum Gasteiger partial charge on any atom is 0.142 e. The molecule has 0 unspecified atom stereocenters. The van der Waals surface area contributed by atoms with Gasteiger partial charge < -0.3 is 5.32 Å². The summed E-state index contributed by atoms with van der Waals surface area (Å²) in [6, 6.07) is 4.93. The van der Waals surface area contributed by atoms with Gasteiger partial charge in [0.1, 0.15) is 5.82 Å². The Morgan fingerprint density at radius 1 is 1.50 bits per heavy atom. The molecule has 0 aromatic heterocycles. The number of allylic oxidation sites excluding steroid dienone is 1. The average Bonchev–Trinajstić information content (AvgIpc) is 2.25. The number of benzene rings is 1. The molecule has 0 atom stereocenters. The van der Waals surface area contributed by atoms with Crippen molar-refractivity contribution in [2.45, 2.75) is 19.8 Å². The standard InChI is InChI=1S/C13H17ClFN/c1-10(5-4-8-16-2)9-11-6-3-7-12(15)13(11)14/h3,5-7,16H,4,8-9H2,1-2H3/b10-5-. The van der Waals surface area contributed by atoms with Crippen LogP contribution in [0.3, 0.4) is 0 Å². The minimum atomic E-state index is -0.345. The molecule has 0 spiro atoms. The zero-order valence-electron chi connectivity index (χ0n) is 9.69. The molecule has 0 fully saturated rings. The number of hydrogen-bond donors (Lipinski definition) is 1. The van der Waals surface area contributed by atoms with E-state index >= 15 is 0 Å². The maximum absolute atomic E-state index is 13.2. The van der Waals surface area contributed by atoms with Gasteiger partial charge in [0.15, 0.2) is 0 Å². The Labute approximate surface area is 101 Å². The van der Waals surface area contributed by atoms with Crippen LogP contribution in [0, 0.1) is 5.82 Å². The Hall–Kier alpha value is -0.860. The summed E-state index contributed by atoms with van der Waals surface area (Å²) in [6.07, 6.45) is 3.84. The molecule has 0 aliphatic rings. The highest BCUT2D eigenvalue weighted by Crippen LogP contribution is 2.22. The second kappa shape index (κ2) is 6.66. The Balaban J connectivity index is 2.66. The molecule has 16 heavy (non-hydrogen) atoms. The van der Waals surface area contributed by atoms with Gasteiger partial charge in [-0.25, -0.2) is 4.39 Å². The fourth-order valence-electron chi connectivity index (χ4n) is 1.52. The lowest BCUT2D eigenvalue weighted by atomic mass is 10.1. The van der Waals surface area contributed by atoms with Crippen molar-refractivity contribution in [3.05, 3.63) is 46.3 Å². The van der Waals surface area contributed by atoms with Crippen LogP contribution in [0.4, 0.5) is 4.39 Å². The molecule has 1 nitrogen and oxygen atoms in total. The molecule has 0 radical (unpaired) electrons. The lowest BCUT2D eigenvalue weighted by Gasteiger charge is -2.05. The second-order valence-corrected chi connectivity index (χ2v) is 4.21. The molecule has 0 amide bonds. The van der Waals surface area contributed by atoms with Crippen LogP contribution in [-0.2, 0) is 6.42 Å². The SMILES string of the molecule is CNCC/C=C(/C)Cc1cccc(F)c1Cl. The van der Waals surface area contributed by atoms with Gasteiger partial charge in [-0.3, -0.25) is 0 Å². The third-order valence-electron chi connectivity index (χ3n) is 2.39. The first kappa shape index (κ1) is 13.2. The van der Waals surface area contributed by atoms with Gasteiger partial charge in [-0.15, -0.1) is 0 Å². The van der Waals surface area contributed by atoms with E-state index in [9.17, 15) is 4.39 Å². The molecule has 1 N–H and O–H groups in total. The number of halogens is 2. The van der Waals surface area contributed by atoms with E-state index in [-0.39, 0.29) is 10.8 Å². The van der Waals surface area contributed by atoms with Gasteiger partial charge in [0, 0.05) is 0 Å². The van der Waals surface area contributed by atoms with Crippen molar-refractivity contribution in [2.24, 2.45) is 0 Å². The topological polar surface area (TPSA) is 12.0 Å². The van der Waals surface area contributed by atoms with Crippen molar-refractivity contribution in [3.63, 3.8) is 0 Å². The number of nitrogens with one attached hydrogen (secondary N) is 1. The van der Waals surface area contributed by atoms with Crippen LogP contribution < -0.4 is 5.32 Å². The molecule has 0 bridgehead atoms. The van der Waals surface area contributed by atoms with Gasteiger partial charge in [-0.2, -0.15) is 0 Å². The highest BCUT2D eigenvalue weighted by atomic mass is 35.5. The highest BCUT2D eigenvalue weighted by molar-refractivity contribution is 6.31. The van der Waals surface area contributed by atoms with E-state index in [0.29, 0.717) is 6.42 Å². The smallest absolute Gasteiger partial charge is 0.142 e. The van der Waals surface area contributed by atoms with E-state index in [4.69, 9.17) is 11.6 Å². The molecular formula is C13H17ClFN. The van der Waals surface area contributed by atoms with Gasteiger partial charge in [0.2, 0.25) is 0 Å². The molecule has 1 rings (SSSR count). The summed E-state index contributed by atoms with van der Waals surface area (Å²) in [5, 5.41) is 3.32. The summed E-state index contributed by atoms with van der Waals surface area (Å²) in [5.41, 5.74) is 2.06. The zero-order valence-corrected chi connectivity index (χ0v) is 10.4. The van der Waals surface area contributed by atoms with Crippen molar-refractivity contribution in [1.82, 2.24) is 5.32 Å². The van der Waals surface area contributed by atoms with Crippen LogP contribution in [0.5, 0.6) is 0 Å². The van der Waals surface area contributed by atoms with Crippen LogP contribution in [-0.4, -0.2) is 13.6 Å². The third kappa shape index (κ3) is 3.95. The molecule has 88 valence electrons. The minimum Gasteiger partial charge on any atom is -0.319 e. The molecule has 0 saturated heterocycles. The largest absolute Gasteiger partial charge is 0.319 e. The van der Waals surface area contributed by atoms with E-state index in [1.54, 1.807) is 6.07 Å². The normalized spacial score (nSPS) is 11.9. The van der Waals surface area contributed by atoms with Crippen molar-refractivity contribution >= 4 is 11.6 Å². The first-order valence-electron chi connectivity index (χ1n) is 5.38. The number of rotatable bonds is 5. The molecule has 0 aliphatic carbocycles. The highest BCUT2D eigenvalue weighted by Gasteiger charge is 2.05. The van der Waals surface area contributed by atoms with Crippen LogP contribution in [0.2, 0.25) is 5.02 Å². The van der Waals surface area contributed by atoms with Gasteiger partial charge in [0.05, 0.1) is 5.02 Å². The predicted molar refractivity (Wildman–Crippen MR) is 67.4 cm³/mol. The average molecular weight is 242 g/mol. The van der Waals surface area contributed by atoms with Crippen LogP contribution in [0.15, 0.2) is 29.8 Å². The fraction of sp³-hybridized carbons (Fsp3) is 0.385. The van der Waals surface area contributed by atoms with Crippen LogP contribution in [0.1, 0.15) is 18.9 Å². The van der Waals surface area contributed by atoms with E-state index < -0.39 is 0 Å². The van der Waals surface area contributed by atoms with E-state index in [1.165, 1.54) is 11.6 Å². The van der Waals surface area contributed by atoms with E-state index in [1.807, 2.05) is 20.0 Å². The summed E-state index contributed by atoms with van der Waals surface area (Å²) in [6.45, 7) is 2.99. The Morgan fingerprint density at radius 3 is 2.94 bits per heavy atom. The third-order valence-corrected chi connectivity index (χ3v) is 2.81. The quantitative estimate of drug-likeness (QED) is 0.614. The number of hydrogen-bond acceptors (Lipinski definition) is 1. The van der Waals surface area contributed by atoms with Gasteiger partial charge >= 0.3 is 0 Å². The Bertz CT molecular complexity index is 374. The molecule has 3 heteroatoms. The predicted octanol–water partition coefficient (Wildman–Crippen LogP) is 3.58. The maximum atomic E-state index is 13.2. The molecule has 0 heterocycles. The summed E-state index contributed by atoms with van der Waals surface area (Å²) in [5.74, 6) is -0.345. The van der Waals surface area contributed by atoms with Crippen molar-refractivity contribution in [3.8, 4) is 0 Å². The van der Waals surface area contributed by atoms with Crippen molar-refractivity contribution < 1.29 is 4.39 Å². The molecule has 1 aromatic carbocycles. The molecule has 0 aliphatic heterocycles. The van der Waals surface area contributed by atoms with Crippen LogP contribution in [0.25, 0.3) is 0 Å². The van der Waals surface area contributed by atoms with Gasteiger partial charge in [0.25, 0.3) is 0 Å². The molecule has 0 saturated carbocycles. The summed E-state index contributed by atoms with van der Waals surface area (Å²) in [4.78, 5) is 0. The summed E-state index contributed by atoms with van der Waals surface area (Å²) < 4.78 is 13.2. The minimum absolute atomic E-state index is 0.240. The lowest BCUT2D eigenvalue weighted by molar-refractivity contribution is 0.626. The zero-order chi connectivity index (χ0) is 12.0. The van der Waals surface area contributed by atoms with E-state index in [2.05, 4.69) is 11.4 Å². The van der Waals surface area contributed by atoms with Crippen LogP contribution >= 0.6 is 11.6 Å². The second-order valence-electron chi connectivity index (χ2n) is 3.83. The first-order chi connectivity index (χ1) is 7.65. The molecular weight excluding hydrogens is 225 g/mol. The lowest BCUT2D eigenvalue weighted by Crippen LogP contribution is -2.06. The van der Waals surface area contributed by atoms with E-state index in [0.717, 1.165) is 18.5 Å². The summed E-state index contributed by atoms with van der Waals surface area (Å²) >= 11 is 5.88. The van der Waals surface area contributed by atoms with Crippen molar-refractivity contribution in [1.29, 1.82) is 0 Å². The Kier molecular flexibility index (Phi) is 5.50. The van der Waals surface area contributed by atoms with Gasteiger partial charge in [-0.1, -0.05) is 35.4 Å². The first-order valence-corrected chi connectivity index (χ1v) is 5.76. The summed E-state index contributed by atoms with van der Waals surface area (Å²) in [7, 11) is 1.92. The Morgan fingerprint density at radius 2 is 2.25 bits per heavy atom. The molecule has 1 aromatic rings.